The van der Waals surface area contributed by atoms with Gasteiger partial charge in [0.1, 0.15) is 11.4 Å². The summed E-state index contributed by atoms with van der Waals surface area (Å²) in [5, 5.41) is 13.7. The van der Waals surface area contributed by atoms with Gasteiger partial charge in [0.15, 0.2) is 0 Å². The maximum Gasteiger partial charge on any atom is 0.268 e. The molecule has 2 N–H and O–H groups in total. The van der Waals surface area contributed by atoms with Crippen LogP contribution >= 0.6 is 0 Å². The number of aromatic hydroxyl groups is 1. The maximum absolute atomic E-state index is 13.3. The van der Waals surface area contributed by atoms with E-state index in [4.69, 9.17) is 0 Å². The van der Waals surface area contributed by atoms with Crippen molar-refractivity contribution >= 4 is 22.7 Å². The second-order valence-electron chi connectivity index (χ2n) is 8.16. The summed E-state index contributed by atoms with van der Waals surface area (Å²) >= 11 is 0. The fraction of sp³-hybridized carbons (Fsp3) is 0.333. The molecule has 0 saturated carbocycles. The molecule has 0 bridgehead atoms. The lowest BCUT2D eigenvalue weighted by atomic mass is 10.0. The molecule has 0 aliphatic carbocycles. The number of likely N-dealkylation sites (tertiary alicyclic amines) is 1. The number of phenolic OH excluding ortho intramolecular Hbond substituents is 1. The Labute approximate surface area is 176 Å². The third kappa shape index (κ3) is 3.96. The van der Waals surface area contributed by atoms with Gasteiger partial charge >= 0.3 is 0 Å². The van der Waals surface area contributed by atoms with Crippen LogP contribution in [0.4, 0.5) is 0 Å². The monoisotopic (exact) mass is 405 g/mol. The number of nitrogens with one attached hydrogen (secondary N) is 1. The predicted octanol–water partition coefficient (Wildman–Crippen LogP) is 3.64. The molecule has 1 amide bonds. The highest BCUT2D eigenvalue weighted by molar-refractivity contribution is 6.09. The molecule has 2 aromatic carbocycles. The number of aromatic nitrogens is 1. The van der Waals surface area contributed by atoms with Crippen LogP contribution in [-0.2, 0) is 0 Å². The third-order valence-corrected chi connectivity index (χ3v) is 5.83. The lowest BCUT2D eigenvalue weighted by molar-refractivity contribution is 0.0867. The predicted molar refractivity (Wildman–Crippen MR) is 117 cm³/mol. The standard InChI is InChI=1S/C24H27N3O3/c1-16(2)26-12-10-19(11-13-26)25-23(29)22-15-17-6-3-4-9-21(17)27(22)24(30)18-7-5-8-20(28)14-18/h3-9,14-16,19,28H,10-13H2,1-2H3,(H,25,29). The van der Waals surface area contributed by atoms with E-state index in [0.717, 1.165) is 31.3 Å². The van der Waals surface area contributed by atoms with Crippen LogP contribution in [-0.4, -0.2) is 51.6 Å². The highest BCUT2D eigenvalue weighted by Crippen LogP contribution is 2.23. The summed E-state index contributed by atoms with van der Waals surface area (Å²) in [7, 11) is 0. The van der Waals surface area contributed by atoms with Gasteiger partial charge in [0.05, 0.1) is 5.52 Å². The molecule has 3 aromatic rings. The number of rotatable bonds is 4. The molecule has 0 radical (unpaired) electrons. The summed E-state index contributed by atoms with van der Waals surface area (Å²) < 4.78 is 1.45. The van der Waals surface area contributed by atoms with E-state index in [-0.39, 0.29) is 23.6 Å². The molecule has 1 aromatic heterocycles. The van der Waals surface area contributed by atoms with E-state index < -0.39 is 0 Å². The molecule has 4 rings (SSSR count). The zero-order chi connectivity index (χ0) is 21.3. The summed E-state index contributed by atoms with van der Waals surface area (Å²) in [5.41, 5.74) is 1.32. The molecule has 1 fully saturated rings. The van der Waals surface area contributed by atoms with E-state index in [1.54, 1.807) is 18.2 Å². The average Bonchev–Trinajstić information content (AvgIpc) is 3.13. The van der Waals surface area contributed by atoms with Gasteiger partial charge in [-0.1, -0.05) is 24.3 Å². The van der Waals surface area contributed by atoms with E-state index in [2.05, 4.69) is 24.1 Å². The zero-order valence-electron chi connectivity index (χ0n) is 17.3. The van der Waals surface area contributed by atoms with Crippen LogP contribution in [0.15, 0.2) is 54.6 Å². The topological polar surface area (TPSA) is 74.6 Å². The van der Waals surface area contributed by atoms with Gasteiger partial charge < -0.3 is 15.3 Å². The number of para-hydroxylation sites is 1. The summed E-state index contributed by atoms with van der Waals surface area (Å²) in [6, 6.07) is 16.0. The van der Waals surface area contributed by atoms with Gasteiger partial charge in [-0.15, -0.1) is 0 Å². The number of piperidine rings is 1. The second-order valence-corrected chi connectivity index (χ2v) is 8.16. The van der Waals surface area contributed by atoms with Crippen LogP contribution in [0.5, 0.6) is 5.75 Å². The maximum atomic E-state index is 13.3. The van der Waals surface area contributed by atoms with Crippen LogP contribution in [0, 0.1) is 0 Å². The smallest absolute Gasteiger partial charge is 0.268 e. The van der Waals surface area contributed by atoms with Crippen molar-refractivity contribution in [2.75, 3.05) is 13.1 Å². The molecule has 1 aliphatic heterocycles. The van der Waals surface area contributed by atoms with Gasteiger partial charge in [0.25, 0.3) is 11.8 Å². The molecule has 6 nitrogen and oxygen atoms in total. The molecule has 2 heterocycles. The fourth-order valence-corrected chi connectivity index (χ4v) is 4.13. The Morgan fingerprint density at radius 1 is 1.03 bits per heavy atom. The number of phenols is 1. The van der Waals surface area contributed by atoms with E-state index in [1.807, 2.05) is 24.3 Å². The van der Waals surface area contributed by atoms with Gasteiger partial charge in [0, 0.05) is 36.1 Å². The van der Waals surface area contributed by atoms with E-state index in [1.165, 1.54) is 16.7 Å². The van der Waals surface area contributed by atoms with Crippen molar-refractivity contribution in [2.45, 2.75) is 38.8 Å². The normalized spacial score (nSPS) is 15.6. The lowest BCUT2D eigenvalue weighted by Gasteiger charge is -2.34. The van der Waals surface area contributed by atoms with Crippen molar-refractivity contribution < 1.29 is 14.7 Å². The van der Waals surface area contributed by atoms with Crippen molar-refractivity contribution in [3.05, 3.63) is 65.9 Å². The largest absolute Gasteiger partial charge is 0.508 e. The van der Waals surface area contributed by atoms with Crippen molar-refractivity contribution in [2.24, 2.45) is 0 Å². The molecule has 1 aliphatic rings. The molecule has 30 heavy (non-hydrogen) atoms. The van der Waals surface area contributed by atoms with Crippen LogP contribution < -0.4 is 5.32 Å². The molecule has 0 atom stereocenters. The Morgan fingerprint density at radius 2 is 1.77 bits per heavy atom. The summed E-state index contributed by atoms with van der Waals surface area (Å²) in [6.45, 7) is 6.27. The van der Waals surface area contributed by atoms with E-state index in [9.17, 15) is 14.7 Å². The number of carbonyl (C=O) groups excluding carboxylic acids is 2. The zero-order valence-corrected chi connectivity index (χ0v) is 17.3. The first-order chi connectivity index (χ1) is 14.4. The Morgan fingerprint density at radius 3 is 2.47 bits per heavy atom. The molecule has 156 valence electrons. The number of carbonyl (C=O) groups is 2. The van der Waals surface area contributed by atoms with Crippen molar-refractivity contribution in [3.8, 4) is 5.75 Å². The summed E-state index contributed by atoms with van der Waals surface area (Å²) in [6.07, 6.45) is 1.79. The summed E-state index contributed by atoms with van der Waals surface area (Å²) in [5.74, 6) is -0.574. The second kappa shape index (κ2) is 8.32. The quantitative estimate of drug-likeness (QED) is 0.695. The minimum Gasteiger partial charge on any atom is -0.508 e. The molecule has 6 heteroatoms. The highest BCUT2D eigenvalue weighted by atomic mass is 16.3. The number of hydrogen-bond acceptors (Lipinski definition) is 4. The van der Waals surface area contributed by atoms with Gasteiger partial charge in [-0.3, -0.25) is 14.2 Å². The van der Waals surface area contributed by atoms with Crippen LogP contribution in [0.1, 0.15) is 47.5 Å². The molecule has 0 unspecified atom stereocenters. The minimum atomic E-state index is -0.341. The Hall–Kier alpha value is -3.12. The lowest BCUT2D eigenvalue weighted by Crippen LogP contribution is -2.47. The Kier molecular flexibility index (Phi) is 5.59. The number of hydrogen-bond donors (Lipinski definition) is 2. The van der Waals surface area contributed by atoms with Crippen LogP contribution in [0.25, 0.3) is 10.9 Å². The van der Waals surface area contributed by atoms with Crippen LogP contribution in [0.3, 0.4) is 0 Å². The first-order valence-corrected chi connectivity index (χ1v) is 10.4. The third-order valence-electron chi connectivity index (χ3n) is 5.83. The van der Waals surface area contributed by atoms with Crippen molar-refractivity contribution in [1.82, 2.24) is 14.8 Å². The summed E-state index contributed by atoms with van der Waals surface area (Å²) in [4.78, 5) is 28.9. The average molecular weight is 405 g/mol. The van der Waals surface area contributed by atoms with Gasteiger partial charge in [-0.05, 0) is 57.0 Å². The first kappa shape index (κ1) is 20.2. The van der Waals surface area contributed by atoms with Crippen LogP contribution in [0.2, 0.25) is 0 Å². The molecular weight excluding hydrogens is 378 g/mol. The number of amides is 1. The number of nitrogens with zero attached hydrogens (tertiary/aromatic N) is 2. The molecule has 0 spiro atoms. The first-order valence-electron chi connectivity index (χ1n) is 10.4. The van der Waals surface area contributed by atoms with Gasteiger partial charge in [-0.2, -0.15) is 0 Å². The number of benzene rings is 2. The van der Waals surface area contributed by atoms with Gasteiger partial charge in [0.2, 0.25) is 0 Å². The minimum absolute atomic E-state index is 0.0141. The Bertz CT molecular complexity index is 1080. The van der Waals surface area contributed by atoms with Crippen molar-refractivity contribution in [1.29, 1.82) is 0 Å². The number of fused-ring (bicyclic) bond motifs is 1. The molecule has 1 saturated heterocycles. The molecular formula is C24H27N3O3. The van der Waals surface area contributed by atoms with E-state index in [0.29, 0.717) is 22.8 Å². The highest BCUT2D eigenvalue weighted by Gasteiger charge is 2.26. The fourth-order valence-electron chi connectivity index (χ4n) is 4.13. The Balaban J connectivity index is 1.63. The van der Waals surface area contributed by atoms with Crippen molar-refractivity contribution in [3.63, 3.8) is 0 Å². The van der Waals surface area contributed by atoms with E-state index >= 15 is 0 Å². The SMILES string of the molecule is CC(C)N1CCC(NC(=O)c2cc3ccccc3n2C(=O)c2cccc(O)c2)CC1. The van der Waals surface area contributed by atoms with Gasteiger partial charge in [-0.25, -0.2) is 0 Å².